The average molecular weight is 486 g/mol. The molecule has 3 rings (SSSR count). The number of sulfonamides is 1. The first-order valence-electron chi connectivity index (χ1n) is 11.4. The summed E-state index contributed by atoms with van der Waals surface area (Å²) < 4.78 is 27.5. The van der Waals surface area contributed by atoms with Crippen molar-refractivity contribution in [3.63, 3.8) is 0 Å². The van der Waals surface area contributed by atoms with Crippen LogP contribution < -0.4 is 10.0 Å². The predicted octanol–water partition coefficient (Wildman–Crippen LogP) is 2.74. The second-order valence-electron chi connectivity index (χ2n) is 8.83. The van der Waals surface area contributed by atoms with E-state index in [1.54, 1.807) is 24.3 Å². The van der Waals surface area contributed by atoms with Gasteiger partial charge in [-0.05, 0) is 49.6 Å². The molecule has 2 N–H and O–H groups in total. The van der Waals surface area contributed by atoms with Crippen molar-refractivity contribution in [1.29, 1.82) is 0 Å². The number of nitrogens with zero attached hydrogens (tertiary/aromatic N) is 1. The quantitative estimate of drug-likeness (QED) is 0.559. The van der Waals surface area contributed by atoms with Gasteiger partial charge in [-0.25, -0.2) is 13.1 Å². The minimum atomic E-state index is -3.73. The number of hydrogen-bond acceptors (Lipinski definition) is 5. The maximum atomic E-state index is 12.6. The number of Topliss-reactive ketones (excluding diaryl/α,β-unsaturated/α-hetero) is 1. The molecule has 2 aromatic rings. The van der Waals surface area contributed by atoms with E-state index >= 15 is 0 Å². The van der Waals surface area contributed by atoms with Crippen molar-refractivity contribution in [3.05, 3.63) is 65.2 Å². The monoisotopic (exact) mass is 485 g/mol. The molecule has 0 bridgehead atoms. The Morgan fingerprint density at radius 3 is 2.03 bits per heavy atom. The van der Waals surface area contributed by atoms with Crippen LogP contribution in [0.1, 0.15) is 59.9 Å². The lowest BCUT2D eigenvalue weighted by atomic mass is 10.0. The molecule has 1 fully saturated rings. The summed E-state index contributed by atoms with van der Waals surface area (Å²) in [5, 5.41) is 3.02. The molecule has 1 aliphatic rings. The van der Waals surface area contributed by atoms with Crippen LogP contribution in [0.5, 0.6) is 0 Å². The second kappa shape index (κ2) is 10.9. The van der Waals surface area contributed by atoms with Gasteiger partial charge >= 0.3 is 0 Å². The van der Waals surface area contributed by atoms with E-state index in [0.29, 0.717) is 29.8 Å². The van der Waals surface area contributed by atoms with E-state index in [9.17, 15) is 22.8 Å². The Hall–Kier alpha value is -3.04. The van der Waals surface area contributed by atoms with Crippen molar-refractivity contribution in [2.24, 2.45) is 5.92 Å². The van der Waals surface area contributed by atoms with Crippen molar-refractivity contribution in [2.75, 3.05) is 13.1 Å². The summed E-state index contributed by atoms with van der Waals surface area (Å²) in [5.41, 5.74) is 1.65. The van der Waals surface area contributed by atoms with Crippen LogP contribution in [0, 0.1) is 5.92 Å². The lowest BCUT2D eigenvalue weighted by molar-refractivity contribution is -0.135. The van der Waals surface area contributed by atoms with Gasteiger partial charge in [-0.1, -0.05) is 38.1 Å². The van der Waals surface area contributed by atoms with Crippen LogP contribution in [0.15, 0.2) is 53.4 Å². The third-order valence-electron chi connectivity index (χ3n) is 5.89. The summed E-state index contributed by atoms with van der Waals surface area (Å²) in [5.74, 6) is -0.204. The Morgan fingerprint density at radius 2 is 1.50 bits per heavy atom. The van der Waals surface area contributed by atoms with Crippen LogP contribution in [0.4, 0.5) is 0 Å². The first-order chi connectivity index (χ1) is 16.1. The SMILES string of the molecule is CC(=O)c1ccc(S(=O)(=O)NCc2ccc(C(=O)NC3CCN(C(=O)C(C)C)CC3)cc2)cc1. The summed E-state index contributed by atoms with van der Waals surface area (Å²) in [4.78, 5) is 38.0. The highest BCUT2D eigenvalue weighted by atomic mass is 32.2. The molecule has 1 heterocycles. The van der Waals surface area contributed by atoms with Gasteiger partial charge in [0.2, 0.25) is 15.9 Å². The van der Waals surface area contributed by atoms with Gasteiger partial charge < -0.3 is 10.2 Å². The van der Waals surface area contributed by atoms with E-state index in [1.165, 1.54) is 31.2 Å². The van der Waals surface area contributed by atoms with E-state index in [4.69, 9.17) is 0 Å². The number of amides is 2. The second-order valence-corrected chi connectivity index (χ2v) is 10.6. The van der Waals surface area contributed by atoms with E-state index in [-0.39, 0.29) is 41.0 Å². The highest BCUT2D eigenvalue weighted by molar-refractivity contribution is 7.89. The predicted molar refractivity (Wildman–Crippen MR) is 129 cm³/mol. The zero-order valence-corrected chi connectivity index (χ0v) is 20.5. The molecule has 2 amide bonds. The molecule has 0 radical (unpaired) electrons. The molecule has 1 aliphatic heterocycles. The number of hydrogen-bond donors (Lipinski definition) is 2. The van der Waals surface area contributed by atoms with Crippen LogP contribution in [0.25, 0.3) is 0 Å². The minimum absolute atomic E-state index is 0.0181. The van der Waals surface area contributed by atoms with Gasteiger partial charge in [0.05, 0.1) is 4.90 Å². The van der Waals surface area contributed by atoms with Crippen LogP contribution in [0.3, 0.4) is 0 Å². The van der Waals surface area contributed by atoms with Crippen LogP contribution >= 0.6 is 0 Å². The number of benzene rings is 2. The Bertz CT molecular complexity index is 1130. The Kier molecular flexibility index (Phi) is 8.22. The van der Waals surface area contributed by atoms with Gasteiger partial charge in [0.1, 0.15) is 0 Å². The van der Waals surface area contributed by atoms with E-state index in [1.807, 2.05) is 18.7 Å². The lowest BCUT2D eigenvalue weighted by Gasteiger charge is -2.33. The number of rotatable bonds is 8. The normalized spacial score (nSPS) is 14.8. The fraction of sp³-hybridized carbons (Fsp3) is 0.400. The summed E-state index contributed by atoms with van der Waals surface area (Å²) in [6, 6.07) is 12.5. The van der Waals surface area contributed by atoms with E-state index in [2.05, 4.69) is 10.0 Å². The van der Waals surface area contributed by atoms with Crippen LogP contribution in [-0.2, 0) is 21.4 Å². The molecule has 1 saturated heterocycles. The summed E-state index contributed by atoms with van der Waals surface area (Å²) in [6.45, 7) is 6.54. The van der Waals surface area contributed by atoms with E-state index in [0.717, 1.165) is 12.8 Å². The first kappa shape index (κ1) is 25.6. The molecule has 0 aliphatic carbocycles. The van der Waals surface area contributed by atoms with Gasteiger partial charge in [-0.3, -0.25) is 14.4 Å². The van der Waals surface area contributed by atoms with Crippen molar-refractivity contribution in [2.45, 2.75) is 51.1 Å². The summed E-state index contributed by atoms with van der Waals surface area (Å²) >= 11 is 0. The molecule has 0 spiro atoms. The molecule has 8 nitrogen and oxygen atoms in total. The average Bonchev–Trinajstić information content (AvgIpc) is 2.83. The molecule has 0 atom stereocenters. The third kappa shape index (κ3) is 6.51. The molecule has 2 aromatic carbocycles. The zero-order valence-electron chi connectivity index (χ0n) is 19.7. The van der Waals surface area contributed by atoms with E-state index < -0.39 is 10.0 Å². The molecule has 182 valence electrons. The number of piperidine rings is 1. The summed E-state index contributed by atoms with van der Waals surface area (Å²) in [7, 11) is -3.73. The smallest absolute Gasteiger partial charge is 0.251 e. The van der Waals surface area contributed by atoms with Crippen molar-refractivity contribution in [1.82, 2.24) is 14.9 Å². The largest absolute Gasteiger partial charge is 0.349 e. The fourth-order valence-corrected chi connectivity index (χ4v) is 4.80. The summed E-state index contributed by atoms with van der Waals surface area (Å²) in [6.07, 6.45) is 1.44. The maximum absolute atomic E-state index is 12.6. The highest BCUT2D eigenvalue weighted by Crippen LogP contribution is 2.15. The number of ketones is 1. The van der Waals surface area contributed by atoms with Gasteiger partial charge in [-0.15, -0.1) is 0 Å². The number of carbonyl (C=O) groups excluding carboxylic acids is 3. The van der Waals surface area contributed by atoms with Gasteiger partial charge in [0.15, 0.2) is 5.78 Å². The molecule has 0 aromatic heterocycles. The number of nitrogens with one attached hydrogen (secondary N) is 2. The molecular formula is C25H31N3O5S. The zero-order chi connectivity index (χ0) is 24.9. The van der Waals surface area contributed by atoms with Crippen molar-refractivity contribution < 1.29 is 22.8 Å². The minimum Gasteiger partial charge on any atom is -0.349 e. The first-order valence-corrected chi connectivity index (χ1v) is 12.8. The Labute approximate surface area is 200 Å². The molecule has 9 heteroatoms. The van der Waals surface area contributed by atoms with Gasteiger partial charge in [0, 0.05) is 42.7 Å². The van der Waals surface area contributed by atoms with Crippen LogP contribution in [0.2, 0.25) is 0 Å². The lowest BCUT2D eigenvalue weighted by Crippen LogP contribution is -2.47. The molecular weight excluding hydrogens is 454 g/mol. The maximum Gasteiger partial charge on any atom is 0.251 e. The van der Waals surface area contributed by atoms with Gasteiger partial charge in [-0.2, -0.15) is 0 Å². The molecule has 0 unspecified atom stereocenters. The molecule has 0 saturated carbocycles. The molecule has 34 heavy (non-hydrogen) atoms. The Balaban J connectivity index is 1.51. The third-order valence-corrected chi connectivity index (χ3v) is 7.31. The standard InChI is InChI=1S/C25H31N3O5S/c1-17(2)25(31)28-14-12-22(13-15-28)27-24(30)21-6-4-19(5-7-21)16-26-34(32,33)23-10-8-20(9-11-23)18(3)29/h4-11,17,22,26H,12-16H2,1-3H3,(H,27,30). The van der Waals surface area contributed by atoms with Crippen molar-refractivity contribution >= 4 is 27.6 Å². The highest BCUT2D eigenvalue weighted by Gasteiger charge is 2.25. The topological polar surface area (TPSA) is 113 Å². The number of carbonyl (C=O) groups is 3. The van der Waals surface area contributed by atoms with Crippen LogP contribution in [-0.4, -0.2) is 50.0 Å². The fourth-order valence-electron chi connectivity index (χ4n) is 3.78. The van der Waals surface area contributed by atoms with Crippen molar-refractivity contribution in [3.8, 4) is 0 Å². The number of likely N-dealkylation sites (tertiary alicyclic amines) is 1. The van der Waals surface area contributed by atoms with Gasteiger partial charge in [0.25, 0.3) is 5.91 Å². The Morgan fingerprint density at radius 1 is 0.941 bits per heavy atom.